The molecule has 0 spiro atoms. The fraction of sp³-hybridized carbons (Fsp3) is 0.312. The van der Waals surface area contributed by atoms with Crippen LogP contribution in [0.5, 0.6) is 0 Å². The van der Waals surface area contributed by atoms with E-state index < -0.39 is 0 Å². The minimum absolute atomic E-state index is 0.108. The van der Waals surface area contributed by atoms with Gasteiger partial charge in [-0.05, 0) is 18.9 Å². The van der Waals surface area contributed by atoms with E-state index in [1.165, 1.54) is 0 Å². The Labute approximate surface area is 133 Å². The van der Waals surface area contributed by atoms with Crippen molar-refractivity contribution in [3.05, 3.63) is 46.2 Å². The lowest BCUT2D eigenvalue weighted by molar-refractivity contribution is 0.472. The number of nitrogens with one attached hydrogen (secondary N) is 1. The van der Waals surface area contributed by atoms with Gasteiger partial charge in [-0.15, -0.1) is 0 Å². The highest BCUT2D eigenvalue weighted by Gasteiger charge is 2.20. The Kier molecular flexibility index (Phi) is 3.98. The van der Waals surface area contributed by atoms with Crippen LogP contribution in [0.3, 0.4) is 0 Å². The maximum Gasteiger partial charge on any atom is 0.327 e. The van der Waals surface area contributed by atoms with Crippen molar-refractivity contribution in [1.82, 2.24) is 19.5 Å². The first-order valence-corrected chi connectivity index (χ1v) is 7.74. The molecule has 0 aromatic carbocycles. The first kappa shape index (κ1) is 14.8. The minimum atomic E-state index is -0.149. The Morgan fingerprint density at radius 3 is 2.73 bits per heavy atom. The molecule has 0 fully saturated rings. The molecule has 0 saturated carbocycles. The van der Waals surface area contributed by atoms with Gasteiger partial charge in [0.15, 0.2) is 5.65 Å². The van der Waals surface area contributed by atoms with Crippen LogP contribution in [-0.2, 0) is 0 Å². The van der Waals surface area contributed by atoms with E-state index in [2.05, 4.69) is 28.8 Å². The summed E-state index contributed by atoms with van der Waals surface area (Å²) < 4.78 is 1.77. The average molecular weight is 317 g/mol. The van der Waals surface area contributed by atoms with Crippen molar-refractivity contribution in [3.63, 3.8) is 0 Å². The number of hydrogen-bond acceptors (Lipinski definition) is 3. The molecule has 0 aliphatic carbocycles. The van der Waals surface area contributed by atoms with Crippen LogP contribution in [0.2, 0.25) is 5.02 Å². The van der Waals surface area contributed by atoms with Gasteiger partial charge in [0.1, 0.15) is 0 Å². The van der Waals surface area contributed by atoms with Gasteiger partial charge in [-0.1, -0.05) is 31.5 Å². The Bertz CT molecular complexity index is 850. The third kappa shape index (κ3) is 2.31. The van der Waals surface area contributed by atoms with E-state index in [4.69, 9.17) is 11.6 Å². The van der Waals surface area contributed by atoms with Crippen LogP contribution in [-0.4, -0.2) is 19.5 Å². The number of aromatic nitrogens is 4. The molecular formula is C16H17ClN4O. The number of pyridine rings is 2. The van der Waals surface area contributed by atoms with Crippen molar-refractivity contribution in [1.29, 1.82) is 0 Å². The van der Waals surface area contributed by atoms with E-state index in [9.17, 15) is 4.79 Å². The lowest BCUT2D eigenvalue weighted by Gasteiger charge is -2.16. The zero-order valence-corrected chi connectivity index (χ0v) is 13.3. The molecule has 0 bridgehead atoms. The smallest absolute Gasteiger partial charge is 0.290 e. The number of H-pyrrole nitrogens is 1. The number of imidazole rings is 1. The molecule has 5 nitrogen and oxygen atoms in total. The Morgan fingerprint density at radius 1 is 1.32 bits per heavy atom. The molecule has 3 aromatic heterocycles. The fourth-order valence-electron chi connectivity index (χ4n) is 2.85. The first-order chi connectivity index (χ1) is 10.7. The van der Waals surface area contributed by atoms with E-state index in [1.807, 2.05) is 12.1 Å². The second-order valence-electron chi connectivity index (χ2n) is 5.19. The normalized spacial score (nSPS) is 11.5. The second-order valence-corrected chi connectivity index (χ2v) is 5.60. The van der Waals surface area contributed by atoms with Crippen molar-refractivity contribution >= 4 is 22.8 Å². The third-order valence-corrected chi connectivity index (χ3v) is 4.24. The zero-order valence-electron chi connectivity index (χ0n) is 12.5. The Morgan fingerprint density at radius 2 is 2.09 bits per heavy atom. The SMILES string of the molecule is CCC(CC)n1c(=O)[nH]c2ncc(Cl)c(-c3cccnc3)c21. The summed E-state index contributed by atoms with van der Waals surface area (Å²) in [5.41, 5.74) is 2.83. The van der Waals surface area contributed by atoms with Crippen molar-refractivity contribution < 1.29 is 0 Å². The van der Waals surface area contributed by atoms with Gasteiger partial charge in [0.25, 0.3) is 0 Å². The molecule has 0 aliphatic rings. The summed E-state index contributed by atoms with van der Waals surface area (Å²) in [5.74, 6) is 0. The molecule has 0 unspecified atom stereocenters. The molecule has 3 rings (SSSR count). The average Bonchev–Trinajstić information content (AvgIpc) is 2.86. The number of halogens is 1. The predicted molar refractivity (Wildman–Crippen MR) is 88.2 cm³/mol. The summed E-state index contributed by atoms with van der Waals surface area (Å²) in [4.78, 5) is 23.7. The van der Waals surface area contributed by atoms with Crippen molar-refractivity contribution in [3.8, 4) is 11.1 Å². The highest BCUT2D eigenvalue weighted by Crippen LogP contribution is 2.34. The number of aromatic amines is 1. The highest BCUT2D eigenvalue weighted by atomic mass is 35.5. The maximum atomic E-state index is 12.4. The van der Waals surface area contributed by atoms with E-state index in [-0.39, 0.29) is 11.7 Å². The van der Waals surface area contributed by atoms with Crippen LogP contribution >= 0.6 is 11.6 Å². The molecule has 3 aromatic rings. The second kappa shape index (κ2) is 5.93. The first-order valence-electron chi connectivity index (χ1n) is 7.36. The molecule has 114 valence electrons. The molecule has 0 atom stereocenters. The maximum absolute atomic E-state index is 12.4. The molecule has 22 heavy (non-hydrogen) atoms. The van der Waals surface area contributed by atoms with E-state index in [0.717, 1.165) is 29.5 Å². The molecule has 1 N–H and O–H groups in total. The summed E-state index contributed by atoms with van der Waals surface area (Å²) in [6.07, 6.45) is 6.75. The molecule has 3 heterocycles. The van der Waals surface area contributed by atoms with Gasteiger partial charge in [0, 0.05) is 35.8 Å². The molecule has 0 saturated heterocycles. The quantitative estimate of drug-likeness (QED) is 0.796. The molecular weight excluding hydrogens is 300 g/mol. The van der Waals surface area contributed by atoms with Gasteiger partial charge in [0.2, 0.25) is 0 Å². The fourth-order valence-corrected chi connectivity index (χ4v) is 3.10. The molecule has 0 aliphatic heterocycles. The lowest BCUT2D eigenvalue weighted by atomic mass is 10.1. The number of nitrogens with zero attached hydrogens (tertiary/aromatic N) is 3. The van der Waals surface area contributed by atoms with Gasteiger partial charge in [-0.3, -0.25) is 14.5 Å². The highest BCUT2D eigenvalue weighted by molar-refractivity contribution is 6.34. The van der Waals surface area contributed by atoms with Gasteiger partial charge < -0.3 is 0 Å². The standard InChI is InChI=1S/C16H17ClN4O/c1-3-11(4-2)21-14-13(10-6-5-7-18-8-10)12(17)9-19-15(14)20-16(21)22/h5-9,11H,3-4H2,1-2H3,(H,19,20,22). The van der Waals surface area contributed by atoms with Crippen LogP contribution < -0.4 is 5.69 Å². The van der Waals surface area contributed by atoms with Crippen LogP contribution in [0.25, 0.3) is 22.3 Å². The minimum Gasteiger partial charge on any atom is -0.290 e. The van der Waals surface area contributed by atoms with Crippen molar-refractivity contribution in [2.24, 2.45) is 0 Å². The van der Waals surface area contributed by atoms with Gasteiger partial charge in [-0.25, -0.2) is 9.78 Å². The van der Waals surface area contributed by atoms with E-state index in [1.54, 1.807) is 23.2 Å². The van der Waals surface area contributed by atoms with Gasteiger partial charge in [-0.2, -0.15) is 0 Å². The topological polar surface area (TPSA) is 63.6 Å². The summed E-state index contributed by atoms with van der Waals surface area (Å²) in [6, 6.07) is 3.89. The van der Waals surface area contributed by atoms with Crippen LogP contribution in [0.1, 0.15) is 32.7 Å². The predicted octanol–water partition coefficient (Wildman–Crippen LogP) is 3.80. The van der Waals surface area contributed by atoms with Crippen molar-refractivity contribution in [2.75, 3.05) is 0 Å². The molecule has 0 radical (unpaired) electrons. The summed E-state index contributed by atoms with van der Waals surface area (Å²) >= 11 is 6.39. The zero-order chi connectivity index (χ0) is 15.7. The number of hydrogen-bond donors (Lipinski definition) is 1. The largest absolute Gasteiger partial charge is 0.327 e. The number of rotatable bonds is 4. The number of fused-ring (bicyclic) bond motifs is 1. The third-order valence-electron chi connectivity index (χ3n) is 3.95. The monoisotopic (exact) mass is 316 g/mol. The van der Waals surface area contributed by atoms with Crippen LogP contribution in [0, 0.1) is 0 Å². The summed E-state index contributed by atoms with van der Waals surface area (Å²) in [6.45, 7) is 4.14. The van der Waals surface area contributed by atoms with E-state index >= 15 is 0 Å². The van der Waals surface area contributed by atoms with Crippen LogP contribution in [0.15, 0.2) is 35.5 Å². The van der Waals surface area contributed by atoms with Gasteiger partial charge >= 0.3 is 5.69 Å². The summed E-state index contributed by atoms with van der Waals surface area (Å²) in [5, 5.41) is 0.513. The lowest BCUT2D eigenvalue weighted by Crippen LogP contribution is -2.21. The van der Waals surface area contributed by atoms with Crippen molar-refractivity contribution in [2.45, 2.75) is 32.7 Å². The van der Waals surface area contributed by atoms with Crippen LogP contribution in [0.4, 0.5) is 0 Å². The Hall–Kier alpha value is -2.14. The van der Waals surface area contributed by atoms with E-state index in [0.29, 0.717) is 10.7 Å². The summed E-state index contributed by atoms with van der Waals surface area (Å²) in [7, 11) is 0. The molecule has 0 amide bonds. The Balaban J connectivity index is 2.41. The van der Waals surface area contributed by atoms with Gasteiger partial charge in [0.05, 0.1) is 10.5 Å². The molecule has 6 heteroatoms.